The number of ether oxygens (including phenoxy) is 2. The van der Waals surface area contributed by atoms with Crippen molar-refractivity contribution in [1.29, 1.82) is 0 Å². The van der Waals surface area contributed by atoms with E-state index < -0.39 is 46.1 Å². The van der Waals surface area contributed by atoms with Gasteiger partial charge in [-0.15, -0.1) is 0 Å². The van der Waals surface area contributed by atoms with Crippen molar-refractivity contribution >= 4 is 35.0 Å². The van der Waals surface area contributed by atoms with Crippen LogP contribution in [-0.2, 0) is 23.9 Å². The number of esters is 2. The Kier molecular flexibility index (Phi) is 8.24. The van der Waals surface area contributed by atoms with Crippen LogP contribution < -0.4 is 5.32 Å². The number of rotatable bonds is 9. The lowest BCUT2D eigenvalue weighted by molar-refractivity contribution is -0.384. The molecule has 152 valence electrons. The molecule has 0 bridgehead atoms. The van der Waals surface area contributed by atoms with E-state index in [1.807, 2.05) is 0 Å². The Morgan fingerprint density at radius 2 is 1.64 bits per heavy atom. The monoisotopic (exact) mass is 394 g/mol. The maximum atomic E-state index is 12.8. The zero-order chi connectivity index (χ0) is 21.4. The highest BCUT2D eigenvalue weighted by Gasteiger charge is 2.39. The van der Waals surface area contributed by atoms with Crippen LogP contribution in [0.1, 0.15) is 38.1 Å². The van der Waals surface area contributed by atoms with Crippen LogP contribution in [0.4, 0.5) is 11.4 Å². The van der Waals surface area contributed by atoms with Gasteiger partial charge >= 0.3 is 11.9 Å². The van der Waals surface area contributed by atoms with Crippen molar-refractivity contribution in [2.24, 2.45) is 11.8 Å². The highest BCUT2D eigenvalue weighted by atomic mass is 16.6. The standard InChI is InChI=1S/C18H22N2O8/c1-5-27-17(23)15(18(24)28-6-2)10(3)16(22)12-7-8-13(19-11(4)21)14(9-12)20(25)26/h7-10,15H,5-6H2,1-4H3,(H,19,21). The van der Waals surface area contributed by atoms with Crippen LogP contribution in [0.3, 0.4) is 0 Å². The summed E-state index contributed by atoms with van der Waals surface area (Å²) in [7, 11) is 0. The van der Waals surface area contributed by atoms with Crippen molar-refractivity contribution in [3.8, 4) is 0 Å². The summed E-state index contributed by atoms with van der Waals surface area (Å²) >= 11 is 0. The van der Waals surface area contributed by atoms with E-state index in [0.717, 1.165) is 6.07 Å². The van der Waals surface area contributed by atoms with Gasteiger partial charge in [0.05, 0.1) is 18.1 Å². The molecule has 0 aliphatic rings. The van der Waals surface area contributed by atoms with E-state index in [9.17, 15) is 29.3 Å². The molecule has 1 aromatic carbocycles. The Labute approximate surface area is 161 Å². The summed E-state index contributed by atoms with van der Waals surface area (Å²) in [6.45, 7) is 5.65. The number of carbonyl (C=O) groups excluding carboxylic acids is 4. The van der Waals surface area contributed by atoms with Crippen molar-refractivity contribution < 1.29 is 33.6 Å². The zero-order valence-corrected chi connectivity index (χ0v) is 16.0. The number of nitro benzene ring substituents is 1. The highest BCUT2D eigenvalue weighted by Crippen LogP contribution is 2.28. The first-order valence-corrected chi connectivity index (χ1v) is 8.57. The Bertz CT molecular complexity index is 772. The summed E-state index contributed by atoms with van der Waals surface area (Å²) in [5.41, 5.74) is -0.655. The van der Waals surface area contributed by atoms with Crippen LogP contribution in [0.25, 0.3) is 0 Å². The molecule has 1 unspecified atom stereocenters. The Morgan fingerprint density at radius 3 is 2.07 bits per heavy atom. The van der Waals surface area contributed by atoms with Gasteiger partial charge in [0, 0.05) is 24.5 Å². The molecule has 0 saturated carbocycles. The zero-order valence-electron chi connectivity index (χ0n) is 16.0. The van der Waals surface area contributed by atoms with Crippen LogP contribution in [0.15, 0.2) is 18.2 Å². The number of hydrogen-bond acceptors (Lipinski definition) is 8. The second kappa shape index (κ2) is 10.1. The van der Waals surface area contributed by atoms with Gasteiger partial charge in [-0.2, -0.15) is 0 Å². The number of ketones is 1. The molecule has 28 heavy (non-hydrogen) atoms. The molecule has 1 aromatic rings. The van der Waals surface area contributed by atoms with E-state index in [1.165, 1.54) is 26.0 Å². The predicted molar refractivity (Wildman–Crippen MR) is 97.7 cm³/mol. The van der Waals surface area contributed by atoms with Crippen LogP contribution in [0.2, 0.25) is 0 Å². The first kappa shape index (κ1) is 22.7. The normalized spacial score (nSPS) is 11.5. The summed E-state index contributed by atoms with van der Waals surface area (Å²) in [4.78, 5) is 58.8. The topological polar surface area (TPSA) is 142 Å². The second-order valence-corrected chi connectivity index (χ2v) is 5.80. The lowest BCUT2D eigenvalue weighted by Gasteiger charge is -2.20. The average molecular weight is 394 g/mol. The molecule has 0 spiro atoms. The second-order valence-electron chi connectivity index (χ2n) is 5.80. The van der Waals surface area contributed by atoms with Crippen LogP contribution in [0.5, 0.6) is 0 Å². The van der Waals surface area contributed by atoms with Gasteiger partial charge < -0.3 is 14.8 Å². The molecule has 1 N–H and O–H groups in total. The minimum atomic E-state index is -1.50. The number of anilines is 1. The van der Waals surface area contributed by atoms with Gasteiger partial charge in [0.1, 0.15) is 5.69 Å². The van der Waals surface area contributed by atoms with Gasteiger partial charge in [-0.3, -0.25) is 29.3 Å². The molecule has 10 heteroatoms. The predicted octanol–water partition coefficient (Wildman–Crippen LogP) is 2.11. The highest BCUT2D eigenvalue weighted by molar-refractivity contribution is 6.06. The van der Waals surface area contributed by atoms with Gasteiger partial charge in [0.25, 0.3) is 5.69 Å². The fourth-order valence-corrected chi connectivity index (χ4v) is 2.51. The molecule has 10 nitrogen and oxygen atoms in total. The molecule has 0 aliphatic carbocycles. The van der Waals surface area contributed by atoms with Crippen molar-refractivity contribution in [2.75, 3.05) is 18.5 Å². The lowest BCUT2D eigenvalue weighted by Crippen LogP contribution is -2.37. The molecular weight excluding hydrogens is 372 g/mol. The molecule has 1 atom stereocenters. The average Bonchev–Trinajstić information content (AvgIpc) is 2.61. The van der Waals surface area contributed by atoms with Gasteiger partial charge in [0.15, 0.2) is 11.7 Å². The Balaban J connectivity index is 3.27. The number of nitrogens with one attached hydrogen (secondary N) is 1. The van der Waals surface area contributed by atoms with Crippen LogP contribution >= 0.6 is 0 Å². The third-order valence-electron chi connectivity index (χ3n) is 3.78. The van der Waals surface area contributed by atoms with E-state index in [2.05, 4.69) is 5.32 Å². The van der Waals surface area contributed by atoms with Gasteiger partial charge in [-0.05, 0) is 26.0 Å². The molecule has 0 heterocycles. The third kappa shape index (κ3) is 5.60. The van der Waals surface area contributed by atoms with E-state index in [0.29, 0.717) is 0 Å². The maximum absolute atomic E-state index is 12.8. The van der Waals surface area contributed by atoms with Crippen LogP contribution in [-0.4, -0.2) is 41.8 Å². The van der Waals surface area contributed by atoms with E-state index in [-0.39, 0.29) is 24.5 Å². The van der Waals surface area contributed by atoms with Crippen molar-refractivity contribution in [3.63, 3.8) is 0 Å². The Morgan fingerprint density at radius 1 is 1.11 bits per heavy atom. The molecular formula is C18H22N2O8. The molecule has 0 aliphatic heterocycles. The van der Waals surface area contributed by atoms with Crippen molar-refractivity contribution in [3.05, 3.63) is 33.9 Å². The summed E-state index contributed by atoms with van der Waals surface area (Å²) in [5, 5.41) is 13.6. The van der Waals surface area contributed by atoms with Gasteiger partial charge in [-0.1, -0.05) is 6.92 Å². The summed E-state index contributed by atoms with van der Waals surface area (Å²) in [6, 6.07) is 3.46. The minimum Gasteiger partial charge on any atom is -0.465 e. The first-order chi connectivity index (χ1) is 13.1. The minimum absolute atomic E-state index is 0.00648. The first-order valence-electron chi connectivity index (χ1n) is 8.57. The smallest absolute Gasteiger partial charge is 0.321 e. The van der Waals surface area contributed by atoms with Gasteiger partial charge in [-0.25, -0.2) is 0 Å². The van der Waals surface area contributed by atoms with Crippen LogP contribution in [0, 0.1) is 22.0 Å². The molecule has 0 saturated heterocycles. The molecule has 1 amide bonds. The van der Waals surface area contributed by atoms with E-state index in [4.69, 9.17) is 9.47 Å². The van der Waals surface area contributed by atoms with Crippen molar-refractivity contribution in [2.45, 2.75) is 27.7 Å². The van der Waals surface area contributed by atoms with Gasteiger partial charge in [0.2, 0.25) is 5.91 Å². The third-order valence-corrected chi connectivity index (χ3v) is 3.78. The molecule has 0 radical (unpaired) electrons. The van der Waals surface area contributed by atoms with E-state index >= 15 is 0 Å². The Hall–Kier alpha value is -3.30. The number of hydrogen-bond donors (Lipinski definition) is 1. The fraction of sp³-hybridized carbons (Fsp3) is 0.444. The van der Waals surface area contributed by atoms with Crippen molar-refractivity contribution in [1.82, 2.24) is 0 Å². The number of benzene rings is 1. The molecule has 1 rings (SSSR count). The number of nitrogens with zero attached hydrogens (tertiary/aromatic N) is 1. The fourth-order valence-electron chi connectivity index (χ4n) is 2.51. The number of Topliss-reactive ketones (excluding diaryl/α,β-unsaturated/α-hetero) is 1. The number of carbonyl (C=O) groups is 4. The molecule has 0 aromatic heterocycles. The maximum Gasteiger partial charge on any atom is 0.321 e. The SMILES string of the molecule is CCOC(=O)C(C(=O)OCC)C(C)C(=O)c1ccc(NC(C)=O)c([N+](=O)[O-])c1. The molecule has 0 fully saturated rings. The summed E-state index contributed by atoms with van der Waals surface area (Å²) in [5.74, 6) is -5.69. The van der Waals surface area contributed by atoms with E-state index in [1.54, 1.807) is 13.8 Å². The largest absolute Gasteiger partial charge is 0.465 e. The number of nitro groups is 1. The lowest BCUT2D eigenvalue weighted by atomic mass is 9.87. The quantitative estimate of drug-likeness (QED) is 0.221. The number of amides is 1. The summed E-state index contributed by atoms with van der Waals surface area (Å²) < 4.78 is 9.71. The summed E-state index contributed by atoms with van der Waals surface area (Å²) in [6.07, 6.45) is 0.